The van der Waals surface area contributed by atoms with Crippen LogP contribution < -0.4 is 3.71 Å². The van der Waals surface area contributed by atoms with Crippen molar-refractivity contribution in [2.45, 2.75) is 72.6 Å². The van der Waals surface area contributed by atoms with Crippen LogP contribution in [0.4, 0.5) is 0 Å². The van der Waals surface area contributed by atoms with Gasteiger partial charge < -0.3 is 0 Å². The Morgan fingerprint density at radius 2 is 1.30 bits per heavy atom. The summed E-state index contributed by atoms with van der Waals surface area (Å²) in [6.45, 7) is 6.95. The zero-order valence-corrected chi connectivity index (χ0v) is 18.3. The monoisotopic (exact) mass is 496 g/mol. The Kier molecular flexibility index (Phi) is 9.66. The number of nitrogens with zero attached hydrogens (tertiary/aromatic N) is 2. The minimum absolute atomic E-state index is 1.20. The van der Waals surface area contributed by atoms with Crippen LogP contribution in [0.5, 0.6) is 0 Å². The first-order valence-corrected chi connectivity index (χ1v) is 16.7. The van der Waals surface area contributed by atoms with E-state index in [-0.39, 0.29) is 0 Å². The van der Waals surface area contributed by atoms with Crippen molar-refractivity contribution in [3.05, 3.63) is 16.1 Å². The Morgan fingerprint density at radius 3 is 1.70 bits per heavy atom. The first-order chi connectivity index (χ1) is 9.70. The topological polar surface area (TPSA) is 25.8 Å². The molecule has 0 saturated heterocycles. The van der Waals surface area contributed by atoms with E-state index in [0.717, 1.165) is 0 Å². The molecule has 0 aromatic carbocycles. The van der Waals surface area contributed by atoms with E-state index in [2.05, 4.69) is 48.3 Å². The van der Waals surface area contributed by atoms with Gasteiger partial charge in [-0.1, -0.05) is 0 Å². The Hall–Kier alpha value is 0.609. The number of rotatable bonds is 10. The third kappa shape index (κ3) is 5.43. The maximum atomic E-state index is 4.83. The fourth-order valence-electron chi connectivity index (χ4n) is 2.95. The van der Waals surface area contributed by atoms with Crippen molar-refractivity contribution in [1.82, 2.24) is 9.97 Å². The van der Waals surface area contributed by atoms with Crippen LogP contribution in [0.3, 0.4) is 0 Å². The van der Waals surface area contributed by atoms with E-state index in [1.54, 1.807) is 0 Å². The molecule has 2 nitrogen and oxygen atoms in total. The van der Waals surface area contributed by atoms with Crippen LogP contribution in [0.25, 0.3) is 0 Å². The fourth-order valence-corrected chi connectivity index (χ4v) is 22.5. The Balaban J connectivity index is 3.08. The third-order valence-electron chi connectivity index (χ3n) is 4.18. The average Bonchev–Trinajstić information content (AvgIpc) is 2.48. The molecule has 0 N–H and O–H groups in total. The van der Waals surface area contributed by atoms with Gasteiger partial charge in [0.05, 0.1) is 0 Å². The molecule has 1 aromatic heterocycles. The molecule has 114 valence electrons. The minimum atomic E-state index is -2.34. The van der Waals surface area contributed by atoms with Crippen molar-refractivity contribution >= 4 is 44.7 Å². The standard InChI is InChI=1S/C4H2IN2.3C4H9.Sn/c5-4-3-6-1-2-7-4;3*1-3-4-2;/h1-2H;3*1,3-4H2,2H3;. The molecule has 1 heterocycles. The summed E-state index contributed by atoms with van der Waals surface area (Å²) in [4.78, 5) is 9.38. The van der Waals surface area contributed by atoms with Crippen molar-refractivity contribution < 1.29 is 0 Å². The van der Waals surface area contributed by atoms with Crippen LogP contribution in [0.15, 0.2) is 12.4 Å². The predicted molar refractivity (Wildman–Crippen MR) is 99.3 cm³/mol. The third-order valence-corrected chi connectivity index (χ3v) is 21.6. The van der Waals surface area contributed by atoms with Gasteiger partial charge >= 0.3 is 143 Å². The van der Waals surface area contributed by atoms with Crippen LogP contribution in [0.2, 0.25) is 13.3 Å². The molecular weight excluding hydrogens is 466 g/mol. The van der Waals surface area contributed by atoms with Crippen molar-refractivity contribution in [2.24, 2.45) is 0 Å². The molecule has 0 atom stereocenters. The summed E-state index contributed by atoms with van der Waals surface area (Å²) in [6.07, 6.45) is 11.9. The van der Waals surface area contributed by atoms with Gasteiger partial charge in [0.25, 0.3) is 0 Å². The molecular formula is C16H29IN2Sn. The van der Waals surface area contributed by atoms with Gasteiger partial charge in [-0.2, -0.15) is 0 Å². The number of halogens is 1. The van der Waals surface area contributed by atoms with Crippen LogP contribution in [0.1, 0.15) is 59.3 Å². The zero-order valence-electron chi connectivity index (χ0n) is 13.3. The molecule has 4 heteroatoms. The molecule has 0 aliphatic heterocycles. The summed E-state index contributed by atoms with van der Waals surface area (Å²) in [5.41, 5.74) is 0. The number of unbranched alkanes of at least 4 members (excludes halogenated alkanes) is 3. The number of hydrogen-bond acceptors (Lipinski definition) is 2. The molecule has 0 saturated carbocycles. The summed E-state index contributed by atoms with van der Waals surface area (Å²) >= 11 is 0.0804. The van der Waals surface area contributed by atoms with E-state index in [9.17, 15) is 0 Å². The molecule has 0 fully saturated rings. The van der Waals surface area contributed by atoms with Crippen molar-refractivity contribution in [3.8, 4) is 0 Å². The van der Waals surface area contributed by atoms with Crippen molar-refractivity contribution in [1.29, 1.82) is 0 Å². The Labute approximate surface area is 142 Å². The summed E-state index contributed by atoms with van der Waals surface area (Å²) in [5.74, 6) is 0. The second-order valence-electron chi connectivity index (χ2n) is 5.79. The van der Waals surface area contributed by atoms with E-state index in [0.29, 0.717) is 0 Å². The van der Waals surface area contributed by atoms with Crippen molar-refractivity contribution in [3.63, 3.8) is 0 Å². The molecule has 0 spiro atoms. The van der Waals surface area contributed by atoms with Gasteiger partial charge in [0.15, 0.2) is 0 Å². The Morgan fingerprint density at radius 1 is 0.850 bits per heavy atom. The molecule has 1 aromatic rings. The molecule has 0 amide bonds. The molecule has 0 radical (unpaired) electrons. The fraction of sp³-hybridized carbons (Fsp3) is 0.750. The predicted octanol–water partition coefficient (Wildman–Crippen LogP) is 5.14. The van der Waals surface area contributed by atoms with Crippen LogP contribution in [-0.4, -0.2) is 28.3 Å². The molecule has 0 bridgehead atoms. The van der Waals surface area contributed by atoms with Gasteiger partial charge in [-0.25, -0.2) is 0 Å². The molecule has 20 heavy (non-hydrogen) atoms. The van der Waals surface area contributed by atoms with Crippen LogP contribution >= 0.6 is 22.6 Å². The summed E-state index contributed by atoms with van der Waals surface area (Å²) in [6, 6.07) is 0. The first-order valence-electron chi connectivity index (χ1n) is 8.17. The average molecular weight is 495 g/mol. The van der Waals surface area contributed by atoms with Gasteiger partial charge in [0.1, 0.15) is 0 Å². The van der Waals surface area contributed by atoms with Crippen LogP contribution in [0, 0.1) is 3.70 Å². The quantitative estimate of drug-likeness (QED) is 0.332. The van der Waals surface area contributed by atoms with Gasteiger partial charge in [0.2, 0.25) is 0 Å². The molecule has 0 aliphatic rings. The summed E-state index contributed by atoms with van der Waals surface area (Å²) in [5, 5.41) is 0. The number of hydrogen-bond donors (Lipinski definition) is 0. The van der Waals surface area contributed by atoms with Gasteiger partial charge in [0, 0.05) is 0 Å². The van der Waals surface area contributed by atoms with E-state index in [1.807, 2.05) is 12.4 Å². The normalized spacial score (nSPS) is 11.8. The van der Waals surface area contributed by atoms with E-state index in [4.69, 9.17) is 4.98 Å². The van der Waals surface area contributed by atoms with Gasteiger partial charge in [-0.3, -0.25) is 0 Å². The second-order valence-corrected chi connectivity index (χ2v) is 19.7. The Bertz CT molecular complexity index is 363. The summed E-state index contributed by atoms with van der Waals surface area (Å²) in [7, 11) is 0. The van der Waals surface area contributed by atoms with Gasteiger partial charge in [-0.05, 0) is 0 Å². The summed E-state index contributed by atoms with van der Waals surface area (Å²) < 4.78 is 7.08. The SMILES string of the molecule is CCC[CH2][Sn]([CH2]CCC)([CH2]CCC)[c]1nccnc1I. The molecule has 0 aliphatic carbocycles. The van der Waals surface area contributed by atoms with Crippen molar-refractivity contribution in [2.75, 3.05) is 0 Å². The molecule has 0 unspecified atom stereocenters. The van der Waals surface area contributed by atoms with E-state index >= 15 is 0 Å². The first kappa shape index (κ1) is 18.7. The van der Waals surface area contributed by atoms with E-state index in [1.165, 1.54) is 59.2 Å². The maximum absolute atomic E-state index is 4.83. The van der Waals surface area contributed by atoms with Gasteiger partial charge in [-0.15, -0.1) is 0 Å². The zero-order chi connectivity index (χ0) is 14.8. The number of aromatic nitrogens is 2. The van der Waals surface area contributed by atoms with E-state index < -0.39 is 18.4 Å². The molecule has 1 rings (SSSR count). The second kappa shape index (κ2) is 10.4. The van der Waals surface area contributed by atoms with Crippen LogP contribution in [-0.2, 0) is 0 Å².